The van der Waals surface area contributed by atoms with Crippen molar-refractivity contribution in [3.63, 3.8) is 0 Å². The Morgan fingerprint density at radius 2 is 2.00 bits per heavy atom. The third-order valence-electron chi connectivity index (χ3n) is 4.75. The van der Waals surface area contributed by atoms with Crippen molar-refractivity contribution in [3.05, 3.63) is 64.5 Å². The maximum Gasteiger partial charge on any atom is 0.261 e. The third-order valence-corrected chi connectivity index (χ3v) is 4.75. The van der Waals surface area contributed by atoms with Gasteiger partial charge < -0.3 is 5.32 Å². The molecular weight excluding hydrogens is 328 g/mol. The van der Waals surface area contributed by atoms with Crippen LogP contribution in [0.1, 0.15) is 41.9 Å². The standard InChI is InChI=1S/C20H20N4O2/c25-19(22-15-6-5-10-21-13-15)14-8-9-16-17(12-14)23-18-7-3-1-2-4-11-24(18)20(16)26/h5-6,8-10,12-13H,1-4,7,11H2,(H,22,25). The van der Waals surface area contributed by atoms with Gasteiger partial charge in [-0.1, -0.05) is 12.8 Å². The first-order valence-corrected chi connectivity index (χ1v) is 8.97. The second kappa shape index (κ2) is 7.07. The van der Waals surface area contributed by atoms with Gasteiger partial charge in [0.05, 0.1) is 22.8 Å². The lowest BCUT2D eigenvalue weighted by Gasteiger charge is -2.16. The van der Waals surface area contributed by atoms with Gasteiger partial charge in [-0.25, -0.2) is 4.98 Å². The van der Waals surface area contributed by atoms with Gasteiger partial charge in [-0.15, -0.1) is 0 Å². The summed E-state index contributed by atoms with van der Waals surface area (Å²) in [6.07, 6.45) is 8.41. The molecule has 3 aromatic rings. The highest BCUT2D eigenvalue weighted by Gasteiger charge is 2.15. The lowest BCUT2D eigenvalue weighted by atomic mass is 10.1. The predicted molar refractivity (Wildman–Crippen MR) is 100 cm³/mol. The fourth-order valence-corrected chi connectivity index (χ4v) is 3.38. The molecule has 0 saturated heterocycles. The summed E-state index contributed by atoms with van der Waals surface area (Å²) in [6.45, 7) is 0.723. The van der Waals surface area contributed by atoms with Gasteiger partial charge in [-0.3, -0.25) is 19.1 Å². The van der Waals surface area contributed by atoms with E-state index in [1.54, 1.807) is 47.3 Å². The second-order valence-corrected chi connectivity index (χ2v) is 6.58. The zero-order valence-corrected chi connectivity index (χ0v) is 14.4. The largest absolute Gasteiger partial charge is 0.321 e. The van der Waals surface area contributed by atoms with Crippen LogP contribution in [0, 0.1) is 0 Å². The number of aryl methyl sites for hydroxylation is 1. The summed E-state index contributed by atoms with van der Waals surface area (Å²) in [5.74, 6) is 0.584. The number of hydrogen-bond donors (Lipinski definition) is 1. The van der Waals surface area contributed by atoms with E-state index in [4.69, 9.17) is 4.98 Å². The molecule has 0 fully saturated rings. The van der Waals surface area contributed by atoms with E-state index in [1.165, 1.54) is 6.42 Å². The fourth-order valence-electron chi connectivity index (χ4n) is 3.38. The minimum atomic E-state index is -0.242. The quantitative estimate of drug-likeness (QED) is 0.772. The molecule has 0 radical (unpaired) electrons. The van der Waals surface area contributed by atoms with E-state index in [0.29, 0.717) is 22.2 Å². The van der Waals surface area contributed by atoms with Gasteiger partial charge in [0.1, 0.15) is 5.82 Å². The molecule has 26 heavy (non-hydrogen) atoms. The van der Waals surface area contributed by atoms with Crippen molar-refractivity contribution in [2.75, 3.05) is 5.32 Å². The van der Waals surface area contributed by atoms with E-state index in [9.17, 15) is 9.59 Å². The summed E-state index contributed by atoms with van der Waals surface area (Å²) in [5, 5.41) is 3.37. The number of fused-ring (bicyclic) bond motifs is 2. The summed E-state index contributed by atoms with van der Waals surface area (Å²) in [7, 11) is 0. The van der Waals surface area contributed by atoms with Crippen LogP contribution in [-0.2, 0) is 13.0 Å². The Bertz CT molecular complexity index is 1010. The van der Waals surface area contributed by atoms with Gasteiger partial charge in [-0.05, 0) is 43.2 Å². The molecule has 0 saturated carbocycles. The van der Waals surface area contributed by atoms with Gasteiger partial charge >= 0.3 is 0 Å². The van der Waals surface area contributed by atoms with E-state index in [2.05, 4.69) is 10.3 Å². The zero-order valence-electron chi connectivity index (χ0n) is 14.4. The van der Waals surface area contributed by atoms with E-state index in [1.807, 2.05) is 0 Å². The van der Waals surface area contributed by atoms with Crippen LogP contribution >= 0.6 is 0 Å². The van der Waals surface area contributed by atoms with Gasteiger partial charge in [0, 0.05) is 24.7 Å². The number of nitrogens with zero attached hydrogens (tertiary/aromatic N) is 3. The van der Waals surface area contributed by atoms with Crippen LogP contribution in [0.5, 0.6) is 0 Å². The van der Waals surface area contributed by atoms with Crippen molar-refractivity contribution < 1.29 is 4.79 Å². The van der Waals surface area contributed by atoms with Crippen molar-refractivity contribution in [3.8, 4) is 0 Å². The molecule has 1 N–H and O–H groups in total. The molecule has 1 aliphatic rings. The lowest BCUT2D eigenvalue weighted by Crippen LogP contribution is -2.26. The molecule has 1 aromatic carbocycles. The molecule has 6 nitrogen and oxygen atoms in total. The van der Waals surface area contributed by atoms with E-state index < -0.39 is 0 Å². The maximum absolute atomic E-state index is 12.8. The van der Waals surface area contributed by atoms with E-state index in [0.717, 1.165) is 38.1 Å². The average Bonchev–Trinajstić information content (AvgIpc) is 2.64. The molecular formula is C20H20N4O2. The fraction of sp³-hybridized carbons (Fsp3) is 0.300. The van der Waals surface area contributed by atoms with E-state index >= 15 is 0 Å². The van der Waals surface area contributed by atoms with Crippen LogP contribution in [0.2, 0.25) is 0 Å². The molecule has 3 heterocycles. The summed E-state index contributed by atoms with van der Waals surface area (Å²) >= 11 is 0. The summed E-state index contributed by atoms with van der Waals surface area (Å²) in [6, 6.07) is 8.61. The van der Waals surface area contributed by atoms with Gasteiger partial charge in [0.25, 0.3) is 11.5 Å². The molecule has 1 aliphatic heterocycles. The Balaban J connectivity index is 1.71. The first kappa shape index (κ1) is 16.4. The number of aromatic nitrogens is 3. The van der Waals surface area contributed by atoms with Crippen molar-refractivity contribution in [1.29, 1.82) is 0 Å². The average molecular weight is 348 g/mol. The number of carbonyl (C=O) groups is 1. The smallest absolute Gasteiger partial charge is 0.261 e. The number of nitrogens with one attached hydrogen (secondary N) is 1. The van der Waals surface area contributed by atoms with Crippen LogP contribution in [0.15, 0.2) is 47.5 Å². The van der Waals surface area contributed by atoms with Gasteiger partial charge in [0.2, 0.25) is 0 Å². The van der Waals surface area contributed by atoms with Crippen molar-refractivity contribution in [2.24, 2.45) is 0 Å². The van der Waals surface area contributed by atoms with Crippen molar-refractivity contribution in [2.45, 2.75) is 38.6 Å². The SMILES string of the molecule is O=C(Nc1cccnc1)c1ccc2c(=O)n3c(nc2c1)CCCCCC3. The molecule has 6 heteroatoms. The first-order valence-electron chi connectivity index (χ1n) is 8.97. The number of carbonyl (C=O) groups excluding carboxylic acids is 1. The normalized spacial score (nSPS) is 14.3. The molecule has 0 atom stereocenters. The molecule has 1 amide bonds. The monoisotopic (exact) mass is 348 g/mol. The van der Waals surface area contributed by atoms with Crippen LogP contribution in [0.3, 0.4) is 0 Å². The van der Waals surface area contributed by atoms with Gasteiger partial charge in [0.15, 0.2) is 0 Å². The Labute approximate surface area is 150 Å². The summed E-state index contributed by atoms with van der Waals surface area (Å²) < 4.78 is 1.80. The lowest BCUT2D eigenvalue weighted by molar-refractivity contribution is 0.102. The highest BCUT2D eigenvalue weighted by atomic mass is 16.1. The van der Waals surface area contributed by atoms with Crippen LogP contribution in [0.4, 0.5) is 5.69 Å². The second-order valence-electron chi connectivity index (χ2n) is 6.58. The molecule has 4 rings (SSSR count). The molecule has 132 valence electrons. The molecule has 0 bridgehead atoms. The Morgan fingerprint density at radius 3 is 2.85 bits per heavy atom. The molecule has 0 unspecified atom stereocenters. The van der Waals surface area contributed by atoms with Crippen LogP contribution in [0.25, 0.3) is 10.9 Å². The minimum Gasteiger partial charge on any atom is -0.321 e. The highest BCUT2D eigenvalue weighted by Crippen LogP contribution is 2.17. The Morgan fingerprint density at radius 1 is 1.12 bits per heavy atom. The number of anilines is 1. The van der Waals surface area contributed by atoms with Crippen molar-refractivity contribution >= 4 is 22.5 Å². The predicted octanol–water partition coefficient (Wildman–Crippen LogP) is 3.16. The topological polar surface area (TPSA) is 76.9 Å². The van der Waals surface area contributed by atoms with Gasteiger partial charge in [-0.2, -0.15) is 0 Å². The number of hydrogen-bond acceptors (Lipinski definition) is 4. The number of pyridine rings is 1. The van der Waals surface area contributed by atoms with Crippen LogP contribution < -0.4 is 10.9 Å². The van der Waals surface area contributed by atoms with Crippen molar-refractivity contribution in [1.82, 2.24) is 14.5 Å². The summed E-state index contributed by atoms with van der Waals surface area (Å²) in [5.41, 5.74) is 1.68. The van der Waals surface area contributed by atoms with Crippen LogP contribution in [-0.4, -0.2) is 20.4 Å². The Kier molecular flexibility index (Phi) is 4.48. The number of rotatable bonds is 2. The zero-order chi connectivity index (χ0) is 17.9. The molecule has 2 aromatic heterocycles. The number of amides is 1. The Hall–Kier alpha value is -3.02. The minimum absolute atomic E-state index is 0.00822. The highest BCUT2D eigenvalue weighted by molar-refractivity contribution is 6.05. The number of benzene rings is 1. The molecule has 0 spiro atoms. The maximum atomic E-state index is 12.8. The third kappa shape index (κ3) is 3.22. The summed E-state index contributed by atoms with van der Waals surface area (Å²) in [4.78, 5) is 34.0. The first-order chi connectivity index (χ1) is 12.7. The molecule has 0 aliphatic carbocycles. The van der Waals surface area contributed by atoms with E-state index in [-0.39, 0.29) is 11.5 Å².